The maximum absolute atomic E-state index is 9.91. The lowest BCUT2D eigenvalue weighted by Crippen LogP contribution is -2.35. The van der Waals surface area contributed by atoms with Crippen LogP contribution in [-0.4, -0.2) is 10.6 Å². The summed E-state index contributed by atoms with van der Waals surface area (Å²) in [6.45, 7) is 5.94. The van der Waals surface area contributed by atoms with Crippen molar-refractivity contribution in [1.29, 1.82) is 5.26 Å². The summed E-state index contributed by atoms with van der Waals surface area (Å²) in [5.74, 6) is 0.325. The van der Waals surface area contributed by atoms with E-state index in [0.717, 1.165) is 38.6 Å². The van der Waals surface area contributed by atoms with Gasteiger partial charge in [0.25, 0.3) is 0 Å². The van der Waals surface area contributed by atoms with Crippen molar-refractivity contribution in [2.45, 2.75) is 45.4 Å². The third kappa shape index (κ3) is 5.71. The lowest BCUT2D eigenvalue weighted by atomic mass is 9.84. The van der Waals surface area contributed by atoms with E-state index in [1.54, 1.807) is 0 Å². The van der Waals surface area contributed by atoms with Crippen LogP contribution in [0.15, 0.2) is 84.9 Å². The van der Waals surface area contributed by atoms with E-state index in [1.165, 1.54) is 0 Å². The molecule has 0 spiro atoms. The second-order valence-corrected chi connectivity index (χ2v) is 9.86. The molecule has 35 heavy (non-hydrogen) atoms. The first kappa shape index (κ1) is 24.5. The Morgan fingerprint density at radius 1 is 0.943 bits per heavy atom. The second kappa shape index (κ2) is 10.3. The highest BCUT2D eigenvalue weighted by Crippen LogP contribution is 2.37. The van der Waals surface area contributed by atoms with Crippen LogP contribution in [0.5, 0.6) is 5.75 Å². The highest BCUT2D eigenvalue weighted by Gasteiger charge is 2.28. The molecule has 2 unspecified atom stereocenters. The summed E-state index contributed by atoms with van der Waals surface area (Å²) in [5, 5.41) is 21.5. The van der Waals surface area contributed by atoms with Crippen molar-refractivity contribution >= 4 is 10.8 Å². The summed E-state index contributed by atoms with van der Waals surface area (Å²) in [6.07, 6.45) is 0.220. The van der Waals surface area contributed by atoms with Gasteiger partial charge in [0.15, 0.2) is 0 Å². The molecule has 0 aliphatic rings. The topological polar surface area (TPSA) is 79.3 Å². The standard InChI is InChI=1S/C31H32N2O2/c1-21(19-32)30(29-26(18-31(2,3)33)12-11-24-8-4-5-10-28(24)29)35-27-15-13-23(14-16-27)25-9-6-7-22(17-25)20-34/h4-17,21,30,34H,18,20,33H2,1-3H3. The van der Waals surface area contributed by atoms with E-state index in [4.69, 9.17) is 10.5 Å². The summed E-state index contributed by atoms with van der Waals surface area (Å²) in [6, 6.07) is 30.6. The molecule has 0 saturated heterocycles. The van der Waals surface area contributed by atoms with Crippen LogP contribution in [0.4, 0.5) is 0 Å². The molecular weight excluding hydrogens is 432 g/mol. The number of fused-ring (bicyclic) bond motifs is 1. The highest BCUT2D eigenvalue weighted by molar-refractivity contribution is 5.87. The highest BCUT2D eigenvalue weighted by atomic mass is 16.5. The van der Waals surface area contributed by atoms with Gasteiger partial charge in [-0.25, -0.2) is 0 Å². The van der Waals surface area contributed by atoms with Gasteiger partial charge in [0.2, 0.25) is 0 Å². The summed E-state index contributed by atoms with van der Waals surface area (Å²) < 4.78 is 6.55. The summed E-state index contributed by atoms with van der Waals surface area (Å²) in [4.78, 5) is 0. The van der Waals surface area contributed by atoms with Crippen molar-refractivity contribution in [3.8, 4) is 22.9 Å². The van der Waals surface area contributed by atoms with Crippen molar-refractivity contribution in [3.63, 3.8) is 0 Å². The molecule has 3 N–H and O–H groups in total. The molecule has 4 rings (SSSR count). The first-order valence-corrected chi connectivity index (χ1v) is 11.9. The zero-order valence-electron chi connectivity index (χ0n) is 20.5. The monoisotopic (exact) mass is 464 g/mol. The Bertz CT molecular complexity index is 1350. The first-order chi connectivity index (χ1) is 16.8. The molecule has 0 heterocycles. The van der Waals surface area contributed by atoms with Crippen LogP contribution in [0.25, 0.3) is 21.9 Å². The molecule has 0 fully saturated rings. The maximum atomic E-state index is 9.91. The van der Waals surface area contributed by atoms with Gasteiger partial charge >= 0.3 is 0 Å². The number of hydrogen-bond donors (Lipinski definition) is 2. The predicted molar refractivity (Wildman–Crippen MR) is 142 cm³/mol. The van der Waals surface area contributed by atoms with Crippen LogP contribution < -0.4 is 10.5 Å². The lowest BCUT2D eigenvalue weighted by Gasteiger charge is -2.28. The van der Waals surface area contributed by atoms with E-state index in [1.807, 2.05) is 81.4 Å². The smallest absolute Gasteiger partial charge is 0.140 e. The van der Waals surface area contributed by atoms with Gasteiger partial charge in [-0.05, 0) is 78.4 Å². The Morgan fingerprint density at radius 2 is 1.69 bits per heavy atom. The molecule has 0 saturated carbocycles. The molecule has 4 aromatic rings. The van der Waals surface area contributed by atoms with Crippen LogP contribution in [0.3, 0.4) is 0 Å². The predicted octanol–water partition coefficient (Wildman–Crippen LogP) is 6.56. The Balaban J connectivity index is 1.74. The van der Waals surface area contributed by atoms with E-state index in [2.05, 4.69) is 30.3 Å². The van der Waals surface area contributed by atoms with Gasteiger partial charge in [-0.15, -0.1) is 0 Å². The van der Waals surface area contributed by atoms with Crippen LogP contribution in [0.2, 0.25) is 0 Å². The molecule has 4 heteroatoms. The number of nitrogens with zero attached hydrogens (tertiary/aromatic N) is 1. The number of ether oxygens (including phenoxy) is 1. The van der Waals surface area contributed by atoms with Crippen molar-refractivity contribution in [2.75, 3.05) is 0 Å². The van der Waals surface area contributed by atoms with Gasteiger partial charge in [0, 0.05) is 11.1 Å². The zero-order valence-corrected chi connectivity index (χ0v) is 20.5. The Morgan fingerprint density at radius 3 is 2.37 bits per heavy atom. The SMILES string of the molecule is CC(C#N)C(Oc1ccc(-c2cccc(CO)c2)cc1)c1c(CC(C)(C)N)ccc2ccccc12. The minimum atomic E-state index is -0.452. The average molecular weight is 465 g/mol. The minimum Gasteiger partial charge on any atom is -0.484 e. The molecule has 178 valence electrons. The molecular formula is C31H32N2O2. The fourth-order valence-electron chi connectivity index (χ4n) is 4.52. The molecule has 2 atom stereocenters. The third-order valence-electron chi connectivity index (χ3n) is 6.21. The number of nitrogens with two attached hydrogens (primary N) is 1. The minimum absolute atomic E-state index is 0.00966. The number of hydrogen-bond acceptors (Lipinski definition) is 4. The van der Waals surface area contributed by atoms with Gasteiger partial charge < -0.3 is 15.6 Å². The summed E-state index contributed by atoms with van der Waals surface area (Å²) in [5.41, 5.74) is 11.1. The first-order valence-electron chi connectivity index (χ1n) is 11.9. The third-order valence-corrected chi connectivity index (χ3v) is 6.21. The van der Waals surface area contributed by atoms with E-state index in [9.17, 15) is 10.4 Å². The van der Waals surface area contributed by atoms with Crippen LogP contribution in [0.1, 0.15) is 43.6 Å². The largest absolute Gasteiger partial charge is 0.484 e. The Kier molecular flexibility index (Phi) is 7.21. The number of aliphatic hydroxyl groups is 1. The fourth-order valence-corrected chi connectivity index (χ4v) is 4.52. The molecule has 0 bridgehead atoms. The Labute approximate surface area is 207 Å². The normalized spacial score (nSPS) is 13.3. The summed E-state index contributed by atoms with van der Waals surface area (Å²) in [7, 11) is 0. The van der Waals surface area contributed by atoms with Crippen molar-refractivity contribution in [1.82, 2.24) is 0 Å². The van der Waals surface area contributed by atoms with E-state index in [-0.39, 0.29) is 12.5 Å². The van der Waals surface area contributed by atoms with Crippen LogP contribution in [-0.2, 0) is 13.0 Å². The van der Waals surface area contributed by atoms with E-state index < -0.39 is 11.6 Å². The maximum Gasteiger partial charge on any atom is 0.140 e. The van der Waals surface area contributed by atoms with Crippen LogP contribution in [0, 0.1) is 17.2 Å². The van der Waals surface area contributed by atoms with Gasteiger partial charge in [-0.1, -0.05) is 66.7 Å². The van der Waals surface area contributed by atoms with Crippen molar-refractivity contribution < 1.29 is 9.84 Å². The zero-order chi connectivity index (χ0) is 25.0. The number of rotatable bonds is 8. The second-order valence-electron chi connectivity index (χ2n) is 9.86. The van der Waals surface area contributed by atoms with Gasteiger partial charge in [0.1, 0.15) is 11.9 Å². The van der Waals surface area contributed by atoms with E-state index in [0.29, 0.717) is 12.2 Å². The Hall–Kier alpha value is -3.65. The molecule has 0 radical (unpaired) electrons. The average Bonchev–Trinajstić information content (AvgIpc) is 2.86. The summed E-state index contributed by atoms with van der Waals surface area (Å²) >= 11 is 0. The van der Waals surface area contributed by atoms with E-state index >= 15 is 0 Å². The van der Waals surface area contributed by atoms with Gasteiger partial charge in [-0.3, -0.25) is 0 Å². The van der Waals surface area contributed by atoms with Crippen molar-refractivity contribution in [3.05, 3.63) is 102 Å². The molecule has 0 aliphatic heterocycles. The lowest BCUT2D eigenvalue weighted by molar-refractivity contribution is 0.170. The number of aliphatic hydroxyl groups excluding tert-OH is 1. The molecule has 0 amide bonds. The van der Waals surface area contributed by atoms with Crippen molar-refractivity contribution in [2.24, 2.45) is 11.7 Å². The van der Waals surface area contributed by atoms with Crippen LogP contribution >= 0.6 is 0 Å². The number of benzene rings is 4. The van der Waals surface area contributed by atoms with Gasteiger partial charge in [-0.2, -0.15) is 5.26 Å². The molecule has 4 aromatic carbocycles. The molecule has 0 aromatic heterocycles. The fraction of sp³-hybridized carbons (Fsp3) is 0.258. The number of nitriles is 1. The molecule has 0 aliphatic carbocycles. The van der Waals surface area contributed by atoms with Gasteiger partial charge in [0.05, 0.1) is 18.6 Å². The molecule has 4 nitrogen and oxygen atoms in total. The quantitative estimate of drug-likeness (QED) is 0.309.